The van der Waals surface area contributed by atoms with E-state index >= 15 is 0 Å². The number of carbonyl (C=O) groups is 1. The average molecular weight is 351 g/mol. The van der Waals surface area contributed by atoms with Crippen molar-refractivity contribution in [3.63, 3.8) is 0 Å². The lowest BCUT2D eigenvalue weighted by Crippen LogP contribution is -2.41. The Morgan fingerprint density at radius 2 is 1.87 bits per heavy atom. The maximum absolute atomic E-state index is 12.0. The normalized spacial score (nSPS) is 23.1. The number of ether oxygens (including phenoxy) is 1. The number of hydrogen-bond acceptors (Lipinski definition) is 6. The molecule has 0 aliphatic carbocycles. The van der Waals surface area contributed by atoms with Crippen molar-refractivity contribution >= 4 is 33.4 Å². The molecule has 23 heavy (non-hydrogen) atoms. The van der Waals surface area contributed by atoms with Crippen LogP contribution in [0.15, 0.2) is 34.8 Å². The van der Waals surface area contributed by atoms with Gasteiger partial charge in [-0.1, -0.05) is 12.2 Å². The van der Waals surface area contributed by atoms with Gasteiger partial charge in [-0.2, -0.15) is 0 Å². The predicted molar refractivity (Wildman–Crippen MR) is 96.8 cm³/mol. The van der Waals surface area contributed by atoms with Gasteiger partial charge in [0.1, 0.15) is 10.0 Å². The zero-order valence-corrected chi connectivity index (χ0v) is 15.1. The second-order valence-corrected chi connectivity index (χ2v) is 7.46. The van der Waals surface area contributed by atoms with Crippen molar-refractivity contribution in [3.8, 4) is 0 Å². The van der Waals surface area contributed by atoms with Crippen LogP contribution >= 0.6 is 24.0 Å². The Bertz CT molecular complexity index is 597. The zero-order valence-electron chi connectivity index (χ0n) is 13.4. The number of carbonyl (C=O) groups excluding carboxylic acids is 1. The number of nitrogens with one attached hydrogen (secondary N) is 1. The van der Waals surface area contributed by atoms with E-state index in [9.17, 15) is 4.79 Å². The van der Waals surface area contributed by atoms with E-state index in [1.807, 2.05) is 0 Å². The molecule has 0 aromatic rings. The van der Waals surface area contributed by atoms with E-state index in [0.717, 1.165) is 68.1 Å². The second-order valence-electron chi connectivity index (χ2n) is 5.81. The number of hydrogen-bond donors (Lipinski definition) is 1. The van der Waals surface area contributed by atoms with Gasteiger partial charge in [0, 0.05) is 43.1 Å². The summed E-state index contributed by atoms with van der Waals surface area (Å²) in [6.45, 7) is 9.78. The third-order valence-electron chi connectivity index (χ3n) is 4.23. The molecule has 0 atom stereocenters. The molecule has 0 unspecified atom stereocenters. The van der Waals surface area contributed by atoms with Crippen molar-refractivity contribution in [2.75, 3.05) is 39.4 Å². The van der Waals surface area contributed by atoms with Gasteiger partial charge in [-0.25, -0.2) is 0 Å². The van der Waals surface area contributed by atoms with Gasteiger partial charge in [-0.3, -0.25) is 9.69 Å². The summed E-state index contributed by atoms with van der Waals surface area (Å²) < 4.78 is 5.92. The fourth-order valence-electron chi connectivity index (χ4n) is 2.99. The van der Waals surface area contributed by atoms with Crippen LogP contribution in [0.1, 0.15) is 13.8 Å². The predicted octanol–water partition coefficient (Wildman–Crippen LogP) is 1.84. The van der Waals surface area contributed by atoms with Crippen molar-refractivity contribution in [3.05, 3.63) is 34.8 Å². The Balaban J connectivity index is 1.70. The maximum atomic E-state index is 12.0. The summed E-state index contributed by atoms with van der Waals surface area (Å²) in [4.78, 5) is 16.7. The molecular formula is C16H21N3O2S2. The minimum atomic E-state index is -0.000123. The Hall–Kier alpha value is -1.15. The lowest BCUT2D eigenvalue weighted by Gasteiger charge is -2.33. The van der Waals surface area contributed by atoms with Gasteiger partial charge >= 0.3 is 0 Å². The lowest BCUT2D eigenvalue weighted by atomic mass is 10.1. The summed E-state index contributed by atoms with van der Waals surface area (Å²) in [7, 11) is 0. The maximum Gasteiger partial charge on any atom is 0.243 e. The van der Waals surface area contributed by atoms with E-state index in [1.165, 1.54) is 0 Å². The highest BCUT2D eigenvalue weighted by Crippen LogP contribution is 2.28. The van der Waals surface area contributed by atoms with E-state index in [4.69, 9.17) is 17.0 Å². The number of morpholine rings is 1. The Kier molecular flexibility index (Phi) is 5.21. The Morgan fingerprint density at radius 3 is 2.43 bits per heavy atom. The highest BCUT2D eigenvalue weighted by Gasteiger charge is 2.26. The molecule has 3 aliphatic heterocycles. The van der Waals surface area contributed by atoms with Gasteiger partial charge in [-0.05, 0) is 37.8 Å². The first kappa shape index (κ1) is 16.7. The van der Waals surface area contributed by atoms with E-state index in [-0.39, 0.29) is 5.12 Å². The van der Waals surface area contributed by atoms with Gasteiger partial charge in [0.2, 0.25) is 5.12 Å². The van der Waals surface area contributed by atoms with Crippen LogP contribution in [0, 0.1) is 0 Å². The summed E-state index contributed by atoms with van der Waals surface area (Å²) in [5.41, 5.74) is 3.82. The molecule has 3 rings (SSSR count). The molecule has 3 heterocycles. The number of thioether (sulfide) groups is 1. The molecule has 0 saturated carbocycles. The van der Waals surface area contributed by atoms with E-state index in [1.54, 1.807) is 0 Å². The molecule has 1 N–H and O–H groups in total. The van der Waals surface area contributed by atoms with E-state index in [2.05, 4.69) is 41.1 Å². The van der Waals surface area contributed by atoms with Crippen LogP contribution in [-0.2, 0) is 9.53 Å². The first-order valence-electron chi connectivity index (χ1n) is 7.76. The molecule has 3 aliphatic rings. The largest absolute Gasteiger partial charge is 0.379 e. The van der Waals surface area contributed by atoms with Crippen molar-refractivity contribution in [2.24, 2.45) is 0 Å². The highest BCUT2D eigenvalue weighted by atomic mass is 32.2. The van der Waals surface area contributed by atoms with Crippen molar-refractivity contribution < 1.29 is 9.53 Å². The minimum Gasteiger partial charge on any atom is -0.379 e. The first-order chi connectivity index (χ1) is 11.0. The molecule has 7 heteroatoms. The average Bonchev–Trinajstić information content (AvgIpc) is 2.86. The molecule has 0 spiro atoms. The molecule has 0 amide bonds. The zero-order chi connectivity index (χ0) is 16.4. The van der Waals surface area contributed by atoms with Crippen LogP contribution in [0.2, 0.25) is 0 Å². The first-order valence-corrected chi connectivity index (χ1v) is 8.99. The molecule has 0 radical (unpaired) electrons. The van der Waals surface area contributed by atoms with Crippen LogP contribution in [0.25, 0.3) is 0 Å². The molecule has 0 bridgehead atoms. The third kappa shape index (κ3) is 3.85. The van der Waals surface area contributed by atoms with Gasteiger partial charge < -0.3 is 15.0 Å². The molecule has 124 valence electrons. The molecule has 0 aromatic carbocycles. The molecule has 0 aromatic heterocycles. The van der Waals surface area contributed by atoms with Crippen LogP contribution in [-0.4, -0.2) is 58.6 Å². The number of allylic oxidation sites excluding steroid dienone is 5. The summed E-state index contributed by atoms with van der Waals surface area (Å²) in [5, 5.41) is 3.01. The van der Waals surface area contributed by atoms with Crippen molar-refractivity contribution in [2.45, 2.75) is 13.8 Å². The van der Waals surface area contributed by atoms with Crippen LogP contribution in [0.5, 0.6) is 0 Å². The smallest absolute Gasteiger partial charge is 0.243 e. The number of thiocarbonyl (C=S) groups is 1. The number of nitrogens with zero attached hydrogens (tertiary/aromatic N) is 2. The molecule has 2 fully saturated rings. The van der Waals surface area contributed by atoms with Crippen molar-refractivity contribution in [1.82, 2.24) is 15.1 Å². The van der Waals surface area contributed by atoms with Gasteiger partial charge in [0.15, 0.2) is 0 Å². The van der Waals surface area contributed by atoms with Gasteiger partial charge in [0.05, 0.1) is 13.2 Å². The van der Waals surface area contributed by atoms with Gasteiger partial charge in [-0.15, -0.1) is 0 Å². The second kappa shape index (κ2) is 7.17. The Morgan fingerprint density at radius 1 is 1.22 bits per heavy atom. The van der Waals surface area contributed by atoms with Crippen LogP contribution in [0.4, 0.5) is 0 Å². The van der Waals surface area contributed by atoms with Crippen LogP contribution in [0.3, 0.4) is 0 Å². The monoisotopic (exact) mass is 351 g/mol. The van der Waals surface area contributed by atoms with Crippen LogP contribution < -0.4 is 5.32 Å². The summed E-state index contributed by atoms with van der Waals surface area (Å²) in [6, 6.07) is 0. The number of rotatable bonds is 3. The molecular weight excluding hydrogens is 330 g/mol. The summed E-state index contributed by atoms with van der Waals surface area (Å²) in [6.07, 6.45) is 4.11. The van der Waals surface area contributed by atoms with Gasteiger partial charge in [0.25, 0.3) is 0 Å². The molecule has 5 nitrogen and oxygen atoms in total. The fourth-order valence-corrected chi connectivity index (χ4v) is 3.91. The lowest BCUT2D eigenvalue weighted by molar-refractivity contribution is -0.107. The van der Waals surface area contributed by atoms with E-state index < -0.39 is 0 Å². The SMILES string of the molecule is CC1=CC(=C2NC(=S)SC2=O)C=C(C)N1CCN1CCOCC1. The summed E-state index contributed by atoms with van der Waals surface area (Å²) in [5.74, 6) is 0. The van der Waals surface area contributed by atoms with Crippen molar-refractivity contribution in [1.29, 1.82) is 0 Å². The third-order valence-corrected chi connectivity index (χ3v) is 5.26. The standard InChI is InChI=1S/C16H21N3O2S2/c1-11-9-13(14-15(20)23-16(22)17-14)10-12(2)19(11)4-3-18-5-7-21-8-6-18/h9-10H,3-8H2,1-2H3,(H,17,22). The molecule has 2 saturated heterocycles. The highest BCUT2D eigenvalue weighted by molar-refractivity contribution is 8.33. The fraction of sp³-hybridized carbons (Fsp3) is 0.500. The summed E-state index contributed by atoms with van der Waals surface area (Å²) >= 11 is 6.16. The Labute approximate surface area is 146 Å². The minimum absolute atomic E-state index is 0.000123. The quantitative estimate of drug-likeness (QED) is 0.615. The van der Waals surface area contributed by atoms with E-state index in [0.29, 0.717) is 10.0 Å². The topological polar surface area (TPSA) is 44.8 Å².